The first-order valence-corrected chi connectivity index (χ1v) is 8.01. The molecule has 0 aromatic heterocycles. The van der Waals surface area contributed by atoms with Crippen LogP contribution >= 0.6 is 12.4 Å². The van der Waals surface area contributed by atoms with Gasteiger partial charge in [0.1, 0.15) is 24.7 Å². The maximum atomic E-state index is 5.89. The fourth-order valence-electron chi connectivity index (χ4n) is 2.40. The second-order valence-electron chi connectivity index (χ2n) is 5.57. The van der Waals surface area contributed by atoms with Gasteiger partial charge in [-0.3, -0.25) is 0 Å². The van der Waals surface area contributed by atoms with Crippen molar-refractivity contribution in [2.45, 2.75) is 19.8 Å². The Morgan fingerprint density at radius 3 is 1.44 bits per heavy atom. The number of benzene rings is 3. The molecule has 3 aromatic rings. The quantitative estimate of drug-likeness (QED) is 0.666. The van der Waals surface area contributed by atoms with Gasteiger partial charge in [0.25, 0.3) is 0 Å². The summed E-state index contributed by atoms with van der Waals surface area (Å²) in [4.78, 5) is 0. The van der Waals surface area contributed by atoms with Gasteiger partial charge in [-0.2, -0.15) is 0 Å². The minimum Gasteiger partial charge on any atom is -0.489 e. The first-order chi connectivity index (χ1) is 11.8. The van der Waals surface area contributed by atoms with Gasteiger partial charge in [-0.15, -0.1) is 12.4 Å². The van der Waals surface area contributed by atoms with Gasteiger partial charge in [-0.05, 0) is 28.8 Å². The van der Waals surface area contributed by atoms with Gasteiger partial charge in [-0.1, -0.05) is 60.7 Å². The molecule has 25 heavy (non-hydrogen) atoms. The third-order valence-electron chi connectivity index (χ3n) is 3.67. The van der Waals surface area contributed by atoms with Crippen molar-refractivity contribution in [2.24, 2.45) is 5.73 Å². The topological polar surface area (TPSA) is 44.5 Å². The zero-order valence-corrected chi connectivity index (χ0v) is 14.7. The number of hydrogen-bond acceptors (Lipinski definition) is 3. The van der Waals surface area contributed by atoms with E-state index in [0.29, 0.717) is 19.8 Å². The summed E-state index contributed by atoms with van der Waals surface area (Å²) in [5.74, 6) is 1.54. The molecular formula is C21H22ClNO2. The molecule has 0 fully saturated rings. The lowest BCUT2D eigenvalue weighted by molar-refractivity contribution is 0.289. The van der Waals surface area contributed by atoms with Gasteiger partial charge in [0.15, 0.2) is 0 Å². The molecular weight excluding hydrogens is 334 g/mol. The van der Waals surface area contributed by atoms with Crippen LogP contribution in [0.3, 0.4) is 0 Å². The van der Waals surface area contributed by atoms with E-state index in [4.69, 9.17) is 15.2 Å². The summed E-state index contributed by atoms with van der Waals surface area (Å²) >= 11 is 0. The largest absolute Gasteiger partial charge is 0.489 e. The van der Waals surface area contributed by atoms with Crippen LogP contribution in [0.4, 0.5) is 0 Å². The van der Waals surface area contributed by atoms with E-state index in [9.17, 15) is 0 Å². The molecule has 4 heteroatoms. The molecule has 0 unspecified atom stereocenters. The summed E-state index contributed by atoms with van der Waals surface area (Å²) in [6, 6.07) is 26.0. The van der Waals surface area contributed by atoms with E-state index >= 15 is 0 Å². The molecule has 0 aliphatic heterocycles. The van der Waals surface area contributed by atoms with Crippen LogP contribution in [-0.4, -0.2) is 0 Å². The van der Waals surface area contributed by atoms with Crippen molar-refractivity contribution in [3.63, 3.8) is 0 Å². The predicted molar refractivity (Wildman–Crippen MR) is 103 cm³/mol. The maximum absolute atomic E-state index is 5.89. The van der Waals surface area contributed by atoms with Crippen molar-refractivity contribution in [3.05, 3.63) is 95.6 Å². The lowest BCUT2D eigenvalue weighted by Crippen LogP contribution is -2.01. The van der Waals surface area contributed by atoms with Crippen LogP contribution in [0.25, 0.3) is 0 Å². The van der Waals surface area contributed by atoms with Crippen molar-refractivity contribution in [1.29, 1.82) is 0 Å². The number of halogens is 1. The van der Waals surface area contributed by atoms with Gasteiger partial charge >= 0.3 is 0 Å². The molecule has 2 N–H and O–H groups in total. The monoisotopic (exact) mass is 355 g/mol. The minimum atomic E-state index is 0. The molecule has 0 atom stereocenters. The highest BCUT2D eigenvalue weighted by molar-refractivity contribution is 5.85. The maximum Gasteiger partial charge on any atom is 0.123 e. The van der Waals surface area contributed by atoms with E-state index in [1.54, 1.807) is 0 Å². The molecule has 130 valence electrons. The van der Waals surface area contributed by atoms with Gasteiger partial charge < -0.3 is 15.2 Å². The van der Waals surface area contributed by atoms with Crippen LogP contribution in [0.2, 0.25) is 0 Å². The molecule has 3 aromatic carbocycles. The highest BCUT2D eigenvalue weighted by Gasteiger charge is 2.04. The summed E-state index contributed by atoms with van der Waals surface area (Å²) in [5.41, 5.74) is 9.03. The van der Waals surface area contributed by atoms with E-state index in [1.165, 1.54) is 0 Å². The van der Waals surface area contributed by atoms with Gasteiger partial charge in [0, 0.05) is 12.6 Å². The highest BCUT2D eigenvalue weighted by Crippen LogP contribution is 2.24. The Morgan fingerprint density at radius 2 is 1.04 bits per heavy atom. The van der Waals surface area contributed by atoms with Gasteiger partial charge in [0.2, 0.25) is 0 Å². The van der Waals surface area contributed by atoms with Crippen LogP contribution in [0, 0.1) is 0 Å². The summed E-state index contributed by atoms with van der Waals surface area (Å²) in [7, 11) is 0. The van der Waals surface area contributed by atoms with E-state index < -0.39 is 0 Å². The summed E-state index contributed by atoms with van der Waals surface area (Å²) in [6.07, 6.45) is 0. The number of ether oxygens (including phenoxy) is 2. The Bertz CT molecular complexity index is 702. The van der Waals surface area contributed by atoms with Crippen LogP contribution in [0.15, 0.2) is 78.9 Å². The number of nitrogens with two attached hydrogens (primary N) is 1. The zero-order chi connectivity index (χ0) is 16.6. The molecule has 3 nitrogen and oxygen atoms in total. The van der Waals surface area contributed by atoms with Crippen molar-refractivity contribution in [1.82, 2.24) is 0 Å². The molecule has 0 amide bonds. The lowest BCUT2D eigenvalue weighted by atomic mass is 10.2. The first kappa shape index (κ1) is 18.8. The Morgan fingerprint density at radius 1 is 0.600 bits per heavy atom. The Hall–Kier alpha value is -2.49. The molecule has 0 aliphatic carbocycles. The molecule has 0 saturated carbocycles. The average Bonchev–Trinajstić information content (AvgIpc) is 2.66. The zero-order valence-electron chi connectivity index (χ0n) is 13.9. The number of rotatable bonds is 7. The third kappa shape index (κ3) is 5.82. The summed E-state index contributed by atoms with van der Waals surface area (Å²) in [6.45, 7) is 1.49. The Kier molecular flexibility index (Phi) is 7.33. The van der Waals surface area contributed by atoms with Gasteiger partial charge in [0.05, 0.1) is 0 Å². The van der Waals surface area contributed by atoms with Crippen molar-refractivity contribution in [3.8, 4) is 11.5 Å². The molecule has 0 bridgehead atoms. The number of hydrogen-bond donors (Lipinski definition) is 1. The Balaban J connectivity index is 0.00000225. The second kappa shape index (κ2) is 9.72. The molecule has 3 rings (SSSR count). The second-order valence-corrected chi connectivity index (χ2v) is 5.57. The Labute approximate surface area is 154 Å². The minimum absolute atomic E-state index is 0. The van der Waals surface area contributed by atoms with E-state index in [-0.39, 0.29) is 12.4 Å². The molecule has 0 spiro atoms. The van der Waals surface area contributed by atoms with Crippen LogP contribution in [0.1, 0.15) is 16.7 Å². The van der Waals surface area contributed by atoms with Crippen LogP contribution in [0.5, 0.6) is 11.5 Å². The lowest BCUT2D eigenvalue weighted by Gasteiger charge is -2.12. The van der Waals surface area contributed by atoms with Crippen LogP contribution < -0.4 is 15.2 Å². The van der Waals surface area contributed by atoms with Crippen molar-refractivity contribution >= 4 is 12.4 Å². The molecule has 0 saturated heterocycles. The van der Waals surface area contributed by atoms with Crippen LogP contribution in [-0.2, 0) is 19.8 Å². The van der Waals surface area contributed by atoms with E-state index in [0.717, 1.165) is 28.2 Å². The summed E-state index contributed by atoms with van der Waals surface area (Å²) < 4.78 is 11.8. The molecule has 0 aliphatic rings. The highest BCUT2D eigenvalue weighted by atomic mass is 35.5. The fraction of sp³-hybridized carbons (Fsp3) is 0.143. The van der Waals surface area contributed by atoms with Gasteiger partial charge in [-0.25, -0.2) is 0 Å². The fourth-order valence-corrected chi connectivity index (χ4v) is 2.40. The first-order valence-electron chi connectivity index (χ1n) is 8.01. The SMILES string of the molecule is Cl.NCc1cc(OCc2ccccc2)cc(OCc2ccccc2)c1. The normalized spacial score (nSPS) is 9.96. The summed E-state index contributed by atoms with van der Waals surface area (Å²) in [5, 5.41) is 0. The van der Waals surface area contributed by atoms with Crippen molar-refractivity contribution < 1.29 is 9.47 Å². The molecule has 0 radical (unpaired) electrons. The smallest absolute Gasteiger partial charge is 0.123 e. The average molecular weight is 356 g/mol. The third-order valence-corrected chi connectivity index (χ3v) is 3.67. The van der Waals surface area contributed by atoms with E-state index in [2.05, 4.69) is 0 Å². The van der Waals surface area contributed by atoms with E-state index in [1.807, 2.05) is 78.9 Å². The standard InChI is InChI=1S/C21H21NO2.ClH/c22-14-19-11-20(23-15-17-7-3-1-4-8-17)13-21(12-19)24-16-18-9-5-2-6-10-18;/h1-13H,14-16,22H2;1H. The van der Waals surface area contributed by atoms with Crippen molar-refractivity contribution in [2.75, 3.05) is 0 Å². The molecule has 0 heterocycles. The predicted octanol–water partition coefficient (Wildman–Crippen LogP) is 4.73.